The Morgan fingerprint density at radius 3 is 2.81 bits per heavy atom. The van der Waals surface area contributed by atoms with Crippen molar-refractivity contribution in [3.8, 4) is 0 Å². The van der Waals surface area contributed by atoms with Gasteiger partial charge in [0.2, 0.25) is 0 Å². The SMILES string of the molecule is O[C@H]1CC[C@@H](Cc2ccn3ncnc(Nc4ccc(F)c(Cl)c4)c23)CC1. The number of rotatable bonds is 4. The molecular formula is C19H20ClFN4O. The van der Waals surface area contributed by atoms with Crippen molar-refractivity contribution in [1.29, 1.82) is 0 Å². The van der Waals surface area contributed by atoms with E-state index in [1.165, 1.54) is 18.0 Å². The molecule has 0 radical (unpaired) electrons. The van der Waals surface area contributed by atoms with Crippen molar-refractivity contribution in [2.24, 2.45) is 5.92 Å². The summed E-state index contributed by atoms with van der Waals surface area (Å²) < 4.78 is 15.2. The van der Waals surface area contributed by atoms with E-state index >= 15 is 0 Å². The summed E-state index contributed by atoms with van der Waals surface area (Å²) in [6, 6.07) is 6.57. The third-order valence-corrected chi connectivity index (χ3v) is 5.33. The summed E-state index contributed by atoms with van der Waals surface area (Å²) in [6.07, 6.45) is 7.98. The zero-order valence-electron chi connectivity index (χ0n) is 14.2. The van der Waals surface area contributed by atoms with Crippen LogP contribution in [-0.4, -0.2) is 25.8 Å². The molecule has 0 bridgehead atoms. The van der Waals surface area contributed by atoms with Gasteiger partial charge in [-0.15, -0.1) is 0 Å². The molecule has 0 atom stereocenters. The maximum absolute atomic E-state index is 13.4. The largest absolute Gasteiger partial charge is 0.393 e. The van der Waals surface area contributed by atoms with Gasteiger partial charge in [0.15, 0.2) is 5.82 Å². The molecule has 7 heteroatoms. The number of aliphatic hydroxyl groups is 1. The van der Waals surface area contributed by atoms with Crippen LogP contribution in [0.4, 0.5) is 15.9 Å². The molecule has 136 valence electrons. The van der Waals surface area contributed by atoms with Gasteiger partial charge in [0, 0.05) is 11.9 Å². The van der Waals surface area contributed by atoms with E-state index in [-0.39, 0.29) is 11.1 Å². The quantitative estimate of drug-likeness (QED) is 0.712. The van der Waals surface area contributed by atoms with Crippen molar-refractivity contribution in [1.82, 2.24) is 14.6 Å². The first-order valence-electron chi connectivity index (χ1n) is 8.81. The fraction of sp³-hybridized carbons (Fsp3) is 0.368. The van der Waals surface area contributed by atoms with E-state index < -0.39 is 5.82 Å². The molecule has 26 heavy (non-hydrogen) atoms. The summed E-state index contributed by atoms with van der Waals surface area (Å²) in [5, 5.41) is 17.3. The normalized spacial score (nSPS) is 20.4. The molecule has 0 unspecified atom stereocenters. The Bertz CT molecular complexity index is 921. The topological polar surface area (TPSA) is 62.5 Å². The van der Waals surface area contributed by atoms with Crippen LogP contribution in [0.25, 0.3) is 5.52 Å². The number of nitrogens with zero attached hydrogens (tertiary/aromatic N) is 3. The van der Waals surface area contributed by atoms with Crippen LogP contribution in [0.3, 0.4) is 0 Å². The number of fused-ring (bicyclic) bond motifs is 1. The fourth-order valence-electron chi connectivity index (χ4n) is 3.65. The average molecular weight is 375 g/mol. The maximum atomic E-state index is 13.4. The van der Waals surface area contributed by atoms with Gasteiger partial charge in [-0.05, 0) is 67.9 Å². The summed E-state index contributed by atoms with van der Waals surface area (Å²) in [6.45, 7) is 0. The lowest BCUT2D eigenvalue weighted by Crippen LogP contribution is -2.19. The summed E-state index contributed by atoms with van der Waals surface area (Å²) in [7, 11) is 0. The highest BCUT2D eigenvalue weighted by Crippen LogP contribution is 2.31. The molecule has 1 fully saturated rings. The zero-order chi connectivity index (χ0) is 18.1. The minimum absolute atomic E-state index is 0.0662. The second-order valence-corrected chi connectivity index (χ2v) is 7.28. The Kier molecular flexibility index (Phi) is 4.78. The number of halogens is 2. The van der Waals surface area contributed by atoms with E-state index in [0.29, 0.717) is 17.4 Å². The third kappa shape index (κ3) is 3.52. The maximum Gasteiger partial charge on any atom is 0.158 e. The molecule has 2 N–H and O–H groups in total. The van der Waals surface area contributed by atoms with Crippen molar-refractivity contribution < 1.29 is 9.50 Å². The van der Waals surface area contributed by atoms with Crippen LogP contribution >= 0.6 is 11.6 Å². The molecule has 0 amide bonds. The predicted molar refractivity (Wildman–Crippen MR) is 99.3 cm³/mol. The number of aliphatic hydroxyl groups excluding tert-OH is 1. The Hall–Kier alpha value is -2.18. The van der Waals surface area contributed by atoms with Gasteiger partial charge in [-0.3, -0.25) is 0 Å². The lowest BCUT2D eigenvalue weighted by molar-refractivity contribution is 0.109. The number of hydrogen-bond acceptors (Lipinski definition) is 4. The smallest absolute Gasteiger partial charge is 0.158 e. The monoisotopic (exact) mass is 374 g/mol. The second kappa shape index (κ2) is 7.21. The molecule has 1 saturated carbocycles. The van der Waals surface area contributed by atoms with E-state index in [2.05, 4.69) is 21.5 Å². The van der Waals surface area contributed by atoms with E-state index in [1.807, 2.05) is 6.20 Å². The third-order valence-electron chi connectivity index (χ3n) is 5.04. The van der Waals surface area contributed by atoms with Crippen LogP contribution in [-0.2, 0) is 6.42 Å². The van der Waals surface area contributed by atoms with Gasteiger partial charge in [-0.2, -0.15) is 5.10 Å². The Morgan fingerprint density at radius 1 is 1.23 bits per heavy atom. The first-order chi connectivity index (χ1) is 12.6. The molecule has 0 saturated heterocycles. The van der Waals surface area contributed by atoms with Gasteiger partial charge < -0.3 is 10.4 Å². The molecule has 1 aliphatic rings. The minimum Gasteiger partial charge on any atom is -0.393 e. The van der Waals surface area contributed by atoms with Crippen molar-refractivity contribution >= 4 is 28.6 Å². The summed E-state index contributed by atoms with van der Waals surface area (Å²) >= 11 is 5.88. The molecule has 2 heterocycles. The zero-order valence-corrected chi connectivity index (χ0v) is 15.0. The molecule has 1 aromatic carbocycles. The average Bonchev–Trinajstić information content (AvgIpc) is 3.04. The number of hydrogen-bond donors (Lipinski definition) is 2. The lowest BCUT2D eigenvalue weighted by atomic mass is 9.84. The first kappa shape index (κ1) is 17.2. The molecule has 1 aliphatic carbocycles. The Labute approximate surface area is 155 Å². The molecule has 0 spiro atoms. The summed E-state index contributed by atoms with van der Waals surface area (Å²) in [5.41, 5.74) is 2.76. The van der Waals surface area contributed by atoms with Crippen LogP contribution < -0.4 is 5.32 Å². The molecule has 0 aliphatic heterocycles. The molecule has 5 nitrogen and oxygen atoms in total. The van der Waals surface area contributed by atoms with Gasteiger partial charge in [0.1, 0.15) is 17.7 Å². The predicted octanol–water partition coefficient (Wildman–Crippen LogP) is 4.36. The number of nitrogens with one attached hydrogen (secondary N) is 1. The lowest BCUT2D eigenvalue weighted by Gasteiger charge is -2.25. The van der Waals surface area contributed by atoms with Crippen molar-refractivity contribution in [2.45, 2.75) is 38.2 Å². The Balaban J connectivity index is 1.62. The van der Waals surface area contributed by atoms with Gasteiger partial charge in [0.25, 0.3) is 0 Å². The second-order valence-electron chi connectivity index (χ2n) is 6.88. The van der Waals surface area contributed by atoms with Gasteiger partial charge in [-0.25, -0.2) is 13.9 Å². The highest BCUT2D eigenvalue weighted by atomic mass is 35.5. The highest BCUT2D eigenvalue weighted by molar-refractivity contribution is 6.31. The van der Waals surface area contributed by atoms with Crippen LogP contribution in [0.1, 0.15) is 31.2 Å². The number of anilines is 2. The van der Waals surface area contributed by atoms with E-state index in [4.69, 9.17) is 11.6 Å². The standard InChI is InChI=1S/C19H20ClFN4O/c20-16-10-14(3-6-17(16)21)24-19-18-13(7-8-25(18)23-11-22-19)9-12-1-4-15(26)5-2-12/h3,6-8,10-12,15,26H,1-2,4-5,9H2,(H,22,23,24)/t12-,15+. The summed E-state index contributed by atoms with van der Waals surface area (Å²) in [4.78, 5) is 4.37. The number of benzene rings is 1. The van der Waals surface area contributed by atoms with Gasteiger partial charge in [0.05, 0.1) is 11.1 Å². The van der Waals surface area contributed by atoms with Crippen molar-refractivity contribution in [2.75, 3.05) is 5.32 Å². The van der Waals surface area contributed by atoms with E-state index in [0.717, 1.165) is 37.6 Å². The van der Waals surface area contributed by atoms with Crippen LogP contribution in [0.5, 0.6) is 0 Å². The molecule has 3 aromatic rings. The van der Waals surface area contributed by atoms with Gasteiger partial charge in [-0.1, -0.05) is 11.6 Å². The van der Waals surface area contributed by atoms with Crippen molar-refractivity contribution in [3.63, 3.8) is 0 Å². The van der Waals surface area contributed by atoms with Crippen LogP contribution in [0.2, 0.25) is 5.02 Å². The number of aromatic nitrogens is 3. The Morgan fingerprint density at radius 2 is 2.04 bits per heavy atom. The van der Waals surface area contributed by atoms with E-state index in [1.54, 1.807) is 16.6 Å². The van der Waals surface area contributed by atoms with Crippen LogP contribution in [0, 0.1) is 11.7 Å². The molecule has 2 aromatic heterocycles. The fourth-order valence-corrected chi connectivity index (χ4v) is 3.83. The van der Waals surface area contributed by atoms with E-state index in [9.17, 15) is 9.50 Å². The molecule has 4 rings (SSSR count). The van der Waals surface area contributed by atoms with Gasteiger partial charge >= 0.3 is 0 Å². The van der Waals surface area contributed by atoms with Crippen LogP contribution in [0.15, 0.2) is 36.8 Å². The van der Waals surface area contributed by atoms with Crippen molar-refractivity contribution in [3.05, 3.63) is 53.2 Å². The highest BCUT2D eigenvalue weighted by Gasteiger charge is 2.21. The first-order valence-corrected chi connectivity index (χ1v) is 9.19. The summed E-state index contributed by atoms with van der Waals surface area (Å²) in [5.74, 6) is 0.768. The minimum atomic E-state index is -0.451. The molecular weight excluding hydrogens is 355 g/mol.